The minimum absolute atomic E-state index is 0.188. The van der Waals surface area contributed by atoms with Gasteiger partial charge >= 0.3 is 0 Å². The zero-order valence-electron chi connectivity index (χ0n) is 12.5. The van der Waals surface area contributed by atoms with E-state index >= 15 is 0 Å². The summed E-state index contributed by atoms with van der Waals surface area (Å²) < 4.78 is 0. The standard InChI is InChI=1S/C17H24N2/c1-13-5-6-16(11-14(13)2)19-12-15(8-10-18)7-9-17(19,3)4/h5-6,11,15H,7-9,12H2,1-4H3. The molecule has 19 heavy (non-hydrogen) atoms. The maximum atomic E-state index is 8.92. The summed E-state index contributed by atoms with van der Waals surface area (Å²) in [6.07, 6.45) is 3.01. The van der Waals surface area contributed by atoms with Crippen molar-refractivity contribution in [3.8, 4) is 6.07 Å². The van der Waals surface area contributed by atoms with Crippen LogP contribution in [0.15, 0.2) is 18.2 Å². The van der Waals surface area contributed by atoms with Gasteiger partial charge in [-0.05, 0) is 69.7 Å². The Bertz CT molecular complexity index is 496. The molecular formula is C17H24N2. The third kappa shape index (κ3) is 2.92. The monoisotopic (exact) mass is 256 g/mol. The Morgan fingerprint density at radius 1 is 1.32 bits per heavy atom. The van der Waals surface area contributed by atoms with Crippen molar-refractivity contribution in [3.63, 3.8) is 0 Å². The van der Waals surface area contributed by atoms with Gasteiger partial charge in [0.25, 0.3) is 0 Å². The first-order valence-electron chi connectivity index (χ1n) is 7.16. The Hall–Kier alpha value is -1.49. The average Bonchev–Trinajstić information content (AvgIpc) is 2.35. The maximum Gasteiger partial charge on any atom is 0.0625 e. The molecule has 1 atom stereocenters. The van der Waals surface area contributed by atoms with Gasteiger partial charge in [-0.3, -0.25) is 0 Å². The van der Waals surface area contributed by atoms with Gasteiger partial charge in [-0.15, -0.1) is 0 Å². The number of piperidine rings is 1. The van der Waals surface area contributed by atoms with E-state index in [1.54, 1.807) is 0 Å². The molecule has 0 saturated carbocycles. The van der Waals surface area contributed by atoms with Crippen molar-refractivity contribution in [2.24, 2.45) is 5.92 Å². The Morgan fingerprint density at radius 2 is 2.05 bits per heavy atom. The van der Waals surface area contributed by atoms with Crippen molar-refractivity contribution >= 4 is 5.69 Å². The third-order valence-electron chi connectivity index (χ3n) is 4.52. The number of nitrogens with zero attached hydrogens (tertiary/aromatic N) is 2. The first-order valence-corrected chi connectivity index (χ1v) is 7.16. The van der Waals surface area contributed by atoms with Gasteiger partial charge in [-0.25, -0.2) is 0 Å². The molecule has 1 aromatic carbocycles. The van der Waals surface area contributed by atoms with Gasteiger partial charge in [0.05, 0.1) is 6.07 Å². The van der Waals surface area contributed by atoms with Crippen molar-refractivity contribution in [2.45, 2.75) is 52.5 Å². The first kappa shape index (κ1) is 13.9. The zero-order valence-corrected chi connectivity index (χ0v) is 12.5. The highest BCUT2D eigenvalue weighted by Crippen LogP contribution is 2.36. The molecule has 1 aliphatic heterocycles. The molecule has 0 N–H and O–H groups in total. The van der Waals surface area contributed by atoms with E-state index in [-0.39, 0.29) is 5.54 Å². The number of nitriles is 1. The van der Waals surface area contributed by atoms with Crippen LogP contribution in [0.3, 0.4) is 0 Å². The number of anilines is 1. The van der Waals surface area contributed by atoms with E-state index in [1.165, 1.54) is 23.2 Å². The Balaban J connectivity index is 2.28. The molecule has 0 spiro atoms. The van der Waals surface area contributed by atoms with Gasteiger partial charge < -0.3 is 4.90 Å². The fraction of sp³-hybridized carbons (Fsp3) is 0.588. The van der Waals surface area contributed by atoms with Crippen molar-refractivity contribution < 1.29 is 0 Å². The van der Waals surface area contributed by atoms with E-state index in [0.717, 1.165) is 13.0 Å². The predicted octanol–water partition coefficient (Wildman–Crippen LogP) is 4.21. The lowest BCUT2D eigenvalue weighted by Gasteiger charge is -2.47. The summed E-state index contributed by atoms with van der Waals surface area (Å²) >= 11 is 0. The number of benzene rings is 1. The van der Waals surface area contributed by atoms with Crippen LogP contribution in [-0.2, 0) is 0 Å². The van der Waals surface area contributed by atoms with Crippen LogP contribution in [0, 0.1) is 31.1 Å². The van der Waals surface area contributed by atoms with Crippen LogP contribution in [0.5, 0.6) is 0 Å². The molecule has 1 fully saturated rings. The smallest absolute Gasteiger partial charge is 0.0625 e. The highest BCUT2D eigenvalue weighted by atomic mass is 15.2. The molecule has 2 rings (SSSR count). The highest BCUT2D eigenvalue weighted by molar-refractivity contribution is 5.53. The van der Waals surface area contributed by atoms with Crippen molar-refractivity contribution in [3.05, 3.63) is 29.3 Å². The molecule has 1 aromatic rings. The number of hydrogen-bond donors (Lipinski definition) is 0. The summed E-state index contributed by atoms with van der Waals surface area (Å²) in [6, 6.07) is 9.04. The maximum absolute atomic E-state index is 8.92. The quantitative estimate of drug-likeness (QED) is 0.792. The molecule has 0 radical (unpaired) electrons. The number of aryl methyl sites for hydroxylation is 2. The van der Waals surface area contributed by atoms with Crippen LogP contribution >= 0.6 is 0 Å². The number of hydrogen-bond acceptors (Lipinski definition) is 2. The van der Waals surface area contributed by atoms with Crippen LogP contribution in [0.1, 0.15) is 44.2 Å². The van der Waals surface area contributed by atoms with E-state index in [4.69, 9.17) is 5.26 Å². The van der Waals surface area contributed by atoms with Gasteiger partial charge in [0.1, 0.15) is 0 Å². The largest absolute Gasteiger partial charge is 0.366 e. The summed E-state index contributed by atoms with van der Waals surface area (Å²) in [5.74, 6) is 0.514. The van der Waals surface area contributed by atoms with E-state index in [1.807, 2.05) is 0 Å². The van der Waals surface area contributed by atoms with Crippen LogP contribution in [-0.4, -0.2) is 12.1 Å². The van der Waals surface area contributed by atoms with Crippen molar-refractivity contribution in [1.82, 2.24) is 0 Å². The van der Waals surface area contributed by atoms with E-state index in [2.05, 4.69) is 56.9 Å². The molecule has 0 amide bonds. The fourth-order valence-electron chi connectivity index (χ4n) is 2.93. The summed E-state index contributed by atoms with van der Waals surface area (Å²) in [5.41, 5.74) is 4.17. The van der Waals surface area contributed by atoms with E-state index in [0.29, 0.717) is 12.3 Å². The molecule has 1 heterocycles. The SMILES string of the molecule is Cc1ccc(N2CC(CC#N)CCC2(C)C)cc1C. The van der Waals surface area contributed by atoms with Gasteiger partial charge in [0.2, 0.25) is 0 Å². The normalized spacial score (nSPS) is 22.1. The minimum Gasteiger partial charge on any atom is -0.366 e. The summed E-state index contributed by atoms with van der Waals surface area (Å²) in [4.78, 5) is 2.49. The topological polar surface area (TPSA) is 27.0 Å². The molecule has 2 nitrogen and oxygen atoms in total. The molecule has 1 unspecified atom stereocenters. The summed E-state index contributed by atoms with van der Waals surface area (Å²) in [7, 11) is 0. The molecule has 0 aromatic heterocycles. The second-order valence-electron chi connectivity index (χ2n) is 6.46. The zero-order chi connectivity index (χ0) is 14.0. The van der Waals surface area contributed by atoms with E-state index < -0.39 is 0 Å². The molecular weight excluding hydrogens is 232 g/mol. The van der Waals surface area contributed by atoms with Crippen molar-refractivity contribution in [2.75, 3.05) is 11.4 Å². The van der Waals surface area contributed by atoms with Crippen LogP contribution in [0.25, 0.3) is 0 Å². The van der Waals surface area contributed by atoms with Gasteiger partial charge in [-0.1, -0.05) is 6.07 Å². The lowest BCUT2D eigenvalue weighted by molar-refractivity contribution is 0.293. The Morgan fingerprint density at radius 3 is 2.68 bits per heavy atom. The minimum atomic E-state index is 0.188. The van der Waals surface area contributed by atoms with Crippen LogP contribution in [0.4, 0.5) is 5.69 Å². The molecule has 2 heteroatoms. The summed E-state index contributed by atoms with van der Waals surface area (Å²) in [5, 5.41) is 8.92. The number of rotatable bonds is 2. The molecule has 1 saturated heterocycles. The van der Waals surface area contributed by atoms with Gasteiger partial charge in [0.15, 0.2) is 0 Å². The van der Waals surface area contributed by atoms with Crippen LogP contribution in [0.2, 0.25) is 0 Å². The first-order chi connectivity index (χ1) is 8.94. The highest BCUT2D eigenvalue weighted by Gasteiger charge is 2.34. The van der Waals surface area contributed by atoms with Gasteiger partial charge in [0, 0.05) is 24.2 Å². The lowest BCUT2D eigenvalue weighted by atomic mass is 9.83. The Kier molecular flexibility index (Phi) is 3.85. The Labute approximate surface area is 117 Å². The molecule has 0 aliphatic carbocycles. The van der Waals surface area contributed by atoms with Crippen molar-refractivity contribution in [1.29, 1.82) is 5.26 Å². The second kappa shape index (κ2) is 5.25. The third-order valence-corrected chi connectivity index (χ3v) is 4.52. The second-order valence-corrected chi connectivity index (χ2v) is 6.46. The van der Waals surface area contributed by atoms with E-state index in [9.17, 15) is 0 Å². The summed E-state index contributed by atoms with van der Waals surface area (Å²) in [6.45, 7) is 9.94. The molecule has 0 bridgehead atoms. The molecule has 1 aliphatic rings. The molecule has 102 valence electrons. The lowest BCUT2D eigenvalue weighted by Crippen LogP contribution is -2.50. The predicted molar refractivity (Wildman–Crippen MR) is 80.3 cm³/mol. The van der Waals surface area contributed by atoms with Gasteiger partial charge in [-0.2, -0.15) is 5.26 Å². The fourth-order valence-corrected chi connectivity index (χ4v) is 2.93. The van der Waals surface area contributed by atoms with Crippen LogP contribution < -0.4 is 4.90 Å². The average molecular weight is 256 g/mol.